The molecule has 3 N–H and O–H groups in total. The molecule has 0 aromatic heterocycles. The van der Waals surface area contributed by atoms with E-state index in [2.05, 4.69) is 5.32 Å². The van der Waals surface area contributed by atoms with Crippen molar-refractivity contribution in [2.45, 2.75) is 26.3 Å². The topological polar surface area (TPSA) is 108 Å². The number of hydrogen-bond donors (Lipinski definition) is 2. The van der Waals surface area contributed by atoms with E-state index >= 15 is 0 Å². The van der Waals surface area contributed by atoms with E-state index in [9.17, 15) is 14.4 Å². The first-order valence-electron chi connectivity index (χ1n) is 7.28. The van der Waals surface area contributed by atoms with Crippen molar-refractivity contribution in [2.75, 3.05) is 13.7 Å². The van der Waals surface area contributed by atoms with Crippen LogP contribution in [0.3, 0.4) is 0 Å². The third kappa shape index (κ3) is 5.61. The predicted molar refractivity (Wildman–Crippen MR) is 83.9 cm³/mol. The molecule has 0 saturated carbocycles. The highest BCUT2D eigenvalue weighted by Crippen LogP contribution is 2.12. The molecule has 0 fully saturated rings. The van der Waals surface area contributed by atoms with Gasteiger partial charge in [0.05, 0.1) is 7.11 Å². The van der Waals surface area contributed by atoms with Gasteiger partial charge in [0, 0.05) is 5.56 Å². The maximum absolute atomic E-state index is 11.9. The molecule has 126 valence electrons. The summed E-state index contributed by atoms with van der Waals surface area (Å²) in [5, 5.41) is 2.61. The fraction of sp³-hybridized carbons (Fsp3) is 0.438. The highest BCUT2D eigenvalue weighted by Gasteiger charge is 2.26. The second kappa shape index (κ2) is 8.77. The molecule has 1 rings (SSSR count). The number of ether oxygens (including phenoxy) is 2. The Bertz CT molecular complexity index is 556. The monoisotopic (exact) mass is 322 g/mol. The van der Waals surface area contributed by atoms with E-state index in [1.165, 1.54) is 19.2 Å². The summed E-state index contributed by atoms with van der Waals surface area (Å²) >= 11 is 0. The summed E-state index contributed by atoms with van der Waals surface area (Å²) in [6.07, 6.45) is 0.718. The van der Waals surface area contributed by atoms with Crippen molar-refractivity contribution in [3.05, 3.63) is 29.8 Å². The number of primary amides is 1. The van der Waals surface area contributed by atoms with Crippen molar-refractivity contribution < 1.29 is 23.9 Å². The zero-order chi connectivity index (χ0) is 17.4. The Morgan fingerprint density at radius 3 is 2.30 bits per heavy atom. The lowest BCUT2D eigenvalue weighted by Gasteiger charge is -2.21. The second-order valence-corrected chi connectivity index (χ2v) is 5.13. The molecule has 0 radical (unpaired) electrons. The third-order valence-electron chi connectivity index (χ3n) is 3.49. The summed E-state index contributed by atoms with van der Waals surface area (Å²) in [5.74, 6) is -1.09. The van der Waals surface area contributed by atoms with Gasteiger partial charge in [-0.2, -0.15) is 0 Å². The fourth-order valence-corrected chi connectivity index (χ4v) is 1.88. The highest BCUT2D eigenvalue weighted by atomic mass is 16.5. The summed E-state index contributed by atoms with van der Waals surface area (Å²) in [6.45, 7) is 3.52. The van der Waals surface area contributed by atoms with E-state index in [4.69, 9.17) is 15.2 Å². The van der Waals surface area contributed by atoms with Crippen LogP contribution in [0.5, 0.6) is 5.75 Å². The number of carbonyl (C=O) groups is 3. The molecule has 1 aromatic carbocycles. The standard InChI is InChI=1S/C16H22N2O5/c1-4-10(2)14(16(21)22-3)18-13(19)9-23-12-7-5-11(6-8-12)15(17)20/h5-8,10,14H,4,9H2,1-3H3,(H2,17,20)(H,18,19)/t10-,14+/m1/s1. The molecular weight excluding hydrogens is 300 g/mol. The van der Waals surface area contributed by atoms with Gasteiger partial charge in [0.2, 0.25) is 5.91 Å². The number of nitrogens with two attached hydrogens (primary N) is 1. The molecular formula is C16H22N2O5. The van der Waals surface area contributed by atoms with E-state index < -0.39 is 23.8 Å². The first-order chi connectivity index (χ1) is 10.9. The number of methoxy groups -OCH3 is 1. The molecule has 0 heterocycles. The van der Waals surface area contributed by atoms with E-state index in [0.717, 1.165) is 6.42 Å². The molecule has 0 aliphatic carbocycles. The minimum Gasteiger partial charge on any atom is -0.484 e. The molecule has 7 nitrogen and oxygen atoms in total. The van der Waals surface area contributed by atoms with Crippen LogP contribution in [0.2, 0.25) is 0 Å². The molecule has 1 aromatic rings. The third-order valence-corrected chi connectivity index (χ3v) is 3.49. The number of esters is 1. The van der Waals surface area contributed by atoms with Crippen LogP contribution in [0.25, 0.3) is 0 Å². The van der Waals surface area contributed by atoms with Gasteiger partial charge in [-0.05, 0) is 30.2 Å². The van der Waals surface area contributed by atoms with Crippen LogP contribution in [-0.4, -0.2) is 37.5 Å². The second-order valence-electron chi connectivity index (χ2n) is 5.13. The van der Waals surface area contributed by atoms with Gasteiger partial charge < -0.3 is 20.5 Å². The smallest absolute Gasteiger partial charge is 0.328 e. The number of amides is 2. The van der Waals surface area contributed by atoms with Crippen molar-refractivity contribution in [3.8, 4) is 5.75 Å². The average Bonchev–Trinajstić information content (AvgIpc) is 2.56. The van der Waals surface area contributed by atoms with Crippen molar-refractivity contribution in [3.63, 3.8) is 0 Å². The molecule has 7 heteroatoms. The normalized spacial score (nSPS) is 12.8. The maximum Gasteiger partial charge on any atom is 0.328 e. The summed E-state index contributed by atoms with van der Waals surface area (Å²) in [6, 6.07) is 5.38. The van der Waals surface area contributed by atoms with Crippen LogP contribution < -0.4 is 15.8 Å². The van der Waals surface area contributed by atoms with Crippen LogP contribution in [0, 0.1) is 5.92 Å². The number of hydrogen-bond acceptors (Lipinski definition) is 5. The first-order valence-corrected chi connectivity index (χ1v) is 7.28. The van der Waals surface area contributed by atoms with Gasteiger partial charge in [-0.25, -0.2) is 4.79 Å². The Morgan fingerprint density at radius 2 is 1.83 bits per heavy atom. The van der Waals surface area contributed by atoms with Crippen molar-refractivity contribution in [1.82, 2.24) is 5.32 Å². The summed E-state index contributed by atoms with van der Waals surface area (Å²) < 4.78 is 10.0. The molecule has 0 unspecified atom stereocenters. The minimum absolute atomic E-state index is 0.0544. The number of benzene rings is 1. The van der Waals surface area contributed by atoms with E-state index in [1.807, 2.05) is 13.8 Å². The predicted octanol–water partition coefficient (Wildman–Crippen LogP) is 0.868. The van der Waals surface area contributed by atoms with E-state index in [-0.39, 0.29) is 12.5 Å². The van der Waals surface area contributed by atoms with Crippen LogP contribution >= 0.6 is 0 Å². The first kappa shape index (κ1) is 18.5. The molecule has 0 aliphatic heterocycles. The Kier molecular flexibility index (Phi) is 7.05. The number of rotatable bonds is 8. The van der Waals surface area contributed by atoms with Gasteiger partial charge in [0.25, 0.3) is 5.91 Å². The van der Waals surface area contributed by atoms with Crippen molar-refractivity contribution >= 4 is 17.8 Å². The van der Waals surface area contributed by atoms with E-state index in [1.54, 1.807) is 12.1 Å². The van der Waals surface area contributed by atoms with Crippen LogP contribution in [-0.2, 0) is 14.3 Å². The number of nitrogens with one attached hydrogen (secondary N) is 1. The van der Waals surface area contributed by atoms with Gasteiger partial charge in [-0.1, -0.05) is 20.3 Å². The highest BCUT2D eigenvalue weighted by molar-refractivity contribution is 5.92. The molecule has 0 aliphatic rings. The lowest BCUT2D eigenvalue weighted by Crippen LogP contribution is -2.47. The minimum atomic E-state index is -0.710. The van der Waals surface area contributed by atoms with Gasteiger partial charge in [0.1, 0.15) is 11.8 Å². The molecule has 0 bridgehead atoms. The lowest BCUT2D eigenvalue weighted by molar-refractivity contribution is -0.146. The van der Waals surface area contributed by atoms with Gasteiger partial charge in [-0.15, -0.1) is 0 Å². The Hall–Kier alpha value is -2.57. The molecule has 0 spiro atoms. The van der Waals surface area contributed by atoms with Gasteiger partial charge >= 0.3 is 5.97 Å². The summed E-state index contributed by atoms with van der Waals surface area (Å²) in [7, 11) is 1.28. The van der Waals surface area contributed by atoms with Gasteiger partial charge in [-0.3, -0.25) is 9.59 Å². The summed E-state index contributed by atoms with van der Waals surface area (Å²) in [5.41, 5.74) is 5.49. The zero-order valence-electron chi connectivity index (χ0n) is 13.5. The maximum atomic E-state index is 11.9. The zero-order valence-corrected chi connectivity index (χ0v) is 13.5. The lowest BCUT2D eigenvalue weighted by atomic mass is 9.99. The largest absolute Gasteiger partial charge is 0.484 e. The Labute approximate surface area is 135 Å². The van der Waals surface area contributed by atoms with Crippen molar-refractivity contribution in [2.24, 2.45) is 11.7 Å². The van der Waals surface area contributed by atoms with Crippen LogP contribution in [0.4, 0.5) is 0 Å². The SMILES string of the molecule is CC[C@@H](C)[C@H](NC(=O)COc1ccc(C(N)=O)cc1)C(=O)OC. The molecule has 0 saturated heterocycles. The molecule has 2 amide bonds. The van der Waals surface area contributed by atoms with Gasteiger partial charge in [0.15, 0.2) is 6.61 Å². The summed E-state index contributed by atoms with van der Waals surface area (Å²) in [4.78, 5) is 34.6. The average molecular weight is 322 g/mol. The quantitative estimate of drug-likeness (QED) is 0.690. The van der Waals surface area contributed by atoms with Crippen LogP contribution in [0.15, 0.2) is 24.3 Å². The Balaban J connectivity index is 2.58. The molecule has 23 heavy (non-hydrogen) atoms. The fourth-order valence-electron chi connectivity index (χ4n) is 1.88. The molecule has 2 atom stereocenters. The van der Waals surface area contributed by atoms with Crippen molar-refractivity contribution in [1.29, 1.82) is 0 Å². The van der Waals surface area contributed by atoms with Crippen LogP contribution in [0.1, 0.15) is 30.6 Å². The Morgan fingerprint density at radius 1 is 1.22 bits per heavy atom. The van der Waals surface area contributed by atoms with E-state index in [0.29, 0.717) is 11.3 Å². The number of carbonyl (C=O) groups excluding carboxylic acids is 3.